The van der Waals surface area contributed by atoms with E-state index in [1.807, 2.05) is 31.2 Å². The molecule has 1 unspecified atom stereocenters. The molecule has 3 rings (SSSR count). The van der Waals surface area contributed by atoms with Crippen LogP contribution in [0.4, 0.5) is 5.69 Å². The van der Waals surface area contributed by atoms with Crippen molar-refractivity contribution in [2.45, 2.75) is 32.7 Å². The van der Waals surface area contributed by atoms with Crippen LogP contribution in [0.3, 0.4) is 0 Å². The standard InChI is InChI=1S/C11H16N2P.C8H9.Y/c14-13-8-6-11(7-9-13)12-10-4-2-1-3-5-10;1-7-3-5-8(2)6-4-7;/h1-4,11-12H,6-9,14H2;3-5H,1-2H3;/q2*-1;. The minimum Gasteiger partial charge on any atom is -0.404 e. The van der Waals surface area contributed by atoms with E-state index in [9.17, 15) is 0 Å². The Balaban J connectivity index is 0.000000253. The molecule has 0 saturated carbocycles. The van der Waals surface area contributed by atoms with Crippen molar-refractivity contribution in [1.29, 1.82) is 0 Å². The molecule has 2 nitrogen and oxygen atoms in total. The van der Waals surface area contributed by atoms with Gasteiger partial charge in [-0.15, -0.1) is 6.07 Å². The molecule has 0 aliphatic carbocycles. The van der Waals surface area contributed by atoms with Crippen LogP contribution in [0.5, 0.6) is 0 Å². The zero-order valence-corrected chi connectivity index (χ0v) is 18.0. The van der Waals surface area contributed by atoms with Gasteiger partial charge in [0.1, 0.15) is 0 Å². The fraction of sp³-hybridized carbons (Fsp3) is 0.368. The molecule has 0 spiro atoms. The molecule has 1 radical (unpaired) electrons. The number of anilines is 1. The molecule has 1 saturated heterocycles. The third-order valence-corrected chi connectivity index (χ3v) is 4.24. The smallest absolute Gasteiger partial charge is 0.0264 e. The zero-order valence-electron chi connectivity index (χ0n) is 14.0. The quantitative estimate of drug-likeness (QED) is 0.598. The minimum atomic E-state index is 0. The van der Waals surface area contributed by atoms with Crippen LogP contribution in [-0.2, 0) is 32.7 Å². The predicted octanol–water partition coefficient (Wildman–Crippen LogP) is 4.25. The third kappa shape index (κ3) is 8.40. The largest absolute Gasteiger partial charge is 0.404 e. The summed E-state index contributed by atoms with van der Waals surface area (Å²) in [6.07, 6.45) is 2.43. The summed E-state index contributed by atoms with van der Waals surface area (Å²) in [5, 5.41) is 3.51. The Labute approximate surface area is 168 Å². The van der Waals surface area contributed by atoms with Crippen LogP contribution >= 0.6 is 9.39 Å². The van der Waals surface area contributed by atoms with Crippen LogP contribution in [-0.4, -0.2) is 23.8 Å². The second kappa shape index (κ2) is 11.3. The Hall–Kier alpha value is -0.266. The number of hydrogen-bond donors (Lipinski definition) is 1. The van der Waals surface area contributed by atoms with Crippen LogP contribution < -0.4 is 5.32 Å². The second-order valence-corrected chi connectivity index (χ2v) is 6.51. The summed E-state index contributed by atoms with van der Waals surface area (Å²) in [6.45, 7) is 6.43. The molecule has 23 heavy (non-hydrogen) atoms. The number of para-hydroxylation sites is 1. The van der Waals surface area contributed by atoms with E-state index in [-0.39, 0.29) is 32.7 Å². The second-order valence-electron chi connectivity index (χ2n) is 5.78. The van der Waals surface area contributed by atoms with E-state index in [4.69, 9.17) is 0 Å². The van der Waals surface area contributed by atoms with Gasteiger partial charge in [-0.1, -0.05) is 28.9 Å². The van der Waals surface area contributed by atoms with E-state index < -0.39 is 0 Å². The van der Waals surface area contributed by atoms with Crippen molar-refractivity contribution in [3.05, 3.63) is 65.7 Å². The van der Waals surface area contributed by atoms with Crippen molar-refractivity contribution in [1.82, 2.24) is 4.67 Å². The van der Waals surface area contributed by atoms with Crippen molar-refractivity contribution in [2.75, 3.05) is 18.4 Å². The van der Waals surface area contributed by atoms with Crippen LogP contribution in [0, 0.1) is 26.0 Å². The first-order valence-corrected chi connectivity index (χ1v) is 8.33. The van der Waals surface area contributed by atoms with E-state index in [0.717, 1.165) is 18.8 Å². The van der Waals surface area contributed by atoms with Gasteiger partial charge in [-0.25, -0.2) is 0 Å². The van der Waals surface area contributed by atoms with Crippen LogP contribution in [0.1, 0.15) is 24.0 Å². The number of aryl methyl sites for hydroxylation is 2. The van der Waals surface area contributed by atoms with E-state index in [2.05, 4.69) is 56.6 Å². The monoisotopic (exact) mass is 401 g/mol. The first kappa shape index (κ1) is 20.8. The topological polar surface area (TPSA) is 15.3 Å². The van der Waals surface area contributed by atoms with Gasteiger partial charge in [-0.2, -0.15) is 59.7 Å². The summed E-state index contributed by atoms with van der Waals surface area (Å²) in [7, 11) is 2.77. The molecule has 1 atom stereocenters. The van der Waals surface area contributed by atoms with Gasteiger partial charge >= 0.3 is 0 Å². The Kier molecular flexibility index (Phi) is 10.2. The molecule has 0 bridgehead atoms. The number of piperidine rings is 1. The van der Waals surface area contributed by atoms with Crippen molar-refractivity contribution in [3.8, 4) is 0 Å². The zero-order chi connectivity index (χ0) is 15.8. The van der Waals surface area contributed by atoms with Crippen molar-refractivity contribution >= 4 is 15.1 Å². The number of nitrogens with one attached hydrogen (secondary N) is 1. The fourth-order valence-electron chi connectivity index (χ4n) is 2.33. The molecule has 0 amide bonds. The average Bonchev–Trinajstić information content (AvgIpc) is 2.54. The van der Waals surface area contributed by atoms with Gasteiger partial charge in [0.2, 0.25) is 0 Å². The van der Waals surface area contributed by atoms with Gasteiger partial charge in [0.25, 0.3) is 0 Å². The molecule has 0 aromatic heterocycles. The molecule has 2 aromatic rings. The third-order valence-electron chi connectivity index (χ3n) is 3.72. The maximum atomic E-state index is 3.51. The van der Waals surface area contributed by atoms with Crippen molar-refractivity contribution in [3.63, 3.8) is 0 Å². The van der Waals surface area contributed by atoms with Gasteiger partial charge in [0.05, 0.1) is 0 Å². The van der Waals surface area contributed by atoms with Crippen molar-refractivity contribution in [2.24, 2.45) is 0 Å². The summed E-state index contributed by atoms with van der Waals surface area (Å²) in [5.74, 6) is 0. The average molecular weight is 401 g/mol. The number of nitrogens with zero attached hydrogens (tertiary/aromatic N) is 1. The van der Waals surface area contributed by atoms with E-state index in [1.165, 1.54) is 24.0 Å². The summed E-state index contributed by atoms with van der Waals surface area (Å²) < 4.78 is 2.30. The molecule has 1 aliphatic heterocycles. The molecule has 2 aromatic carbocycles. The maximum absolute atomic E-state index is 3.51. The van der Waals surface area contributed by atoms with Crippen LogP contribution in [0.2, 0.25) is 0 Å². The maximum Gasteiger partial charge on any atom is 0.0264 e. The fourth-order valence-corrected chi connectivity index (χ4v) is 2.63. The Morgan fingerprint density at radius 1 is 1.09 bits per heavy atom. The molecule has 1 N–H and O–H groups in total. The van der Waals surface area contributed by atoms with Crippen LogP contribution in [0.25, 0.3) is 0 Å². The Bertz CT molecular complexity index is 516. The molecule has 4 heteroatoms. The van der Waals surface area contributed by atoms with Crippen molar-refractivity contribution < 1.29 is 32.7 Å². The number of rotatable bonds is 2. The molecular weight excluding hydrogens is 376 g/mol. The minimum absolute atomic E-state index is 0. The first-order chi connectivity index (χ1) is 10.6. The van der Waals surface area contributed by atoms with Crippen LogP contribution in [0.15, 0.2) is 42.5 Å². The SMILES string of the molecule is Cc1[c-]cc(C)cc1.PN1CCC(Nc2[c-]cccc2)CC1.[Y]. The first-order valence-electron chi connectivity index (χ1n) is 7.81. The van der Waals surface area contributed by atoms with E-state index in [0.29, 0.717) is 6.04 Å². The molecular formula is C19H25N2PY-2. The summed E-state index contributed by atoms with van der Waals surface area (Å²) >= 11 is 0. The molecule has 1 heterocycles. The van der Waals surface area contributed by atoms with Gasteiger partial charge in [-0.05, 0) is 12.8 Å². The number of benzene rings is 2. The molecule has 1 fully saturated rings. The Morgan fingerprint density at radius 3 is 2.35 bits per heavy atom. The van der Waals surface area contributed by atoms with Gasteiger partial charge in [0, 0.05) is 51.8 Å². The molecule has 1 aliphatic rings. The van der Waals surface area contributed by atoms with E-state index in [1.54, 1.807) is 0 Å². The van der Waals surface area contributed by atoms with Gasteiger partial charge < -0.3 is 5.32 Å². The Morgan fingerprint density at radius 2 is 1.83 bits per heavy atom. The summed E-state index contributed by atoms with van der Waals surface area (Å²) in [5.41, 5.74) is 3.60. The summed E-state index contributed by atoms with van der Waals surface area (Å²) in [6, 6.07) is 21.1. The van der Waals surface area contributed by atoms with Gasteiger partial charge in [0.15, 0.2) is 0 Å². The normalized spacial score (nSPS) is 15.1. The molecule has 121 valence electrons. The number of hydrogen-bond acceptors (Lipinski definition) is 2. The predicted molar refractivity (Wildman–Crippen MR) is 98.0 cm³/mol. The van der Waals surface area contributed by atoms with E-state index >= 15 is 0 Å². The summed E-state index contributed by atoms with van der Waals surface area (Å²) in [4.78, 5) is 0. The van der Waals surface area contributed by atoms with Gasteiger partial charge in [-0.3, -0.25) is 4.67 Å².